The number of rotatable bonds is 6. The van der Waals surface area contributed by atoms with Gasteiger partial charge in [-0.2, -0.15) is 0 Å². The zero-order valence-corrected chi connectivity index (χ0v) is 13.9. The second-order valence-corrected chi connectivity index (χ2v) is 7.14. The van der Waals surface area contributed by atoms with Crippen molar-refractivity contribution in [3.8, 4) is 0 Å². The quantitative estimate of drug-likeness (QED) is 0.869. The number of carbonyl (C=O) groups is 1. The lowest BCUT2D eigenvalue weighted by Gasteiger charge is -2.19. The number of urea groups is 1. The van der Waals surface area contributed by atoms with Crippen molar-refractivity contribution in [3.63, 3.8) is 0 Å². The van der Waals surface area contributed by atoms with Crippen LogP contribution in [-0.2, 0) is 17.3 Å². The van der Waals surface area contributed by atoms with Crippen LogP contribution in [0.4, 0.5) is 9.18 Å². The molecule has 0 aromatic heterocycles. The summed E-state index contributed by atoms with van der Waals surface area (Å²) in [6.45, 7) is 2.62. The molecule has 0 aliphatic rings. The van der Waals surface area contributed by atoms with Crippen LogP contribution in [0.25, 0.3) is 0 Å². The molecule has 0 radical (unpaired) electrons. The Morgan fingerprint density at radius 1 is 1.52 bits per heavy atom. The topological polar surface area (TPSA) is 49.4 Å². The zero-order valence-electron chi connectivity index (χ0n) is 12.4. The van der Waals surface area contributed by atoms with Gasteiger partial charge in [-0.05, 0) is 24.1 Å². The maximum atomic E-state index is 13.3. The molecule has 21 heavy (non-hydrogen) atoms. The van der Waals surface area contributed by atoms with E-state index in [1.807, 2.05) is 6.92 Å². The van der Waals surface area contributed by atoms with Gasteiger partial charge in [-0.15, -0.1) is 0 Å². The third-order valence-corrected chi connectivity index (χ3v) is 4.82. The Kier molecular flexibility index (Phi) is 7.11. The van der Waals surface area contributed by atoms with Crippen LogP contribution in [0.15, 0.2) is 18.2 Å². The maximum Gasteiger partial charge on any atom is 0.317 e. The highest BCUT2D eigenvalue weighted by molar-refractivity contribution is 7.84. The van der Waals surface area contributed by atoms with Gasteiger partial charge < -0.3 is 10.2 Å². The van der Waals surface area contributed by atoms with Crippen LogP contribution in [0, 0.1) is 5.82 Å². The van der Waals surface area contributed by atoms with Gasteiger partial charge in [-0.25, -0.2) is 9.18 Å². The lowest BCUT2D eigenvalue weighted by molar-refractivity contribution is 0.206. The molecule has 2 amide bonds. The van der Waals surface area contributed by atoms with E-state index in [0.29, 0.717) is 18.5 Å². The molecular weight excluding hydrogens is 315 g/mol. The highest BCUT2D eigenvalue weighted by atomic mass is 35.5. The van der Waals surface area contributed by atoms with Gasteiger partial charge >= 0.3 is 6.03 Å². The minimum atomic E-state index is -0.891. The molecule has 0 bridgehead atoms. The molecule has 0 unspecified atom stereocenters. The van der Waals surface area contributed by atoms with E-state index in [1.165, 1.54) is 17.0 Å². The first kappa shape index (κ1) is 17.9. The summed E-state index contributed by atoms with van der Waals surface area (Å²) in [6, 6.07) is 4.21. The molecule has 0 heterocycles. The number of nitrogens with one attached hydrogen (secondary N) is 1. The van der Waals surface area contributed by atoms with Crippen LogP contribution >= 0.6 is 11.6 Å². The first-order valence-corrected chi connectivity index (χ1v) is 8.56. The molecule has 0 saturated heterocycles. The summed E-state index contributed by atoms with van der Waals surface area (Å²) in [6.07, 6.45) is 2.30. The Morgan fingerprint density at radius 2 is 2.19 bits per heavy atom. The van der Waals surface area contributed by atoms with Gasteiger partial charge in [0.15, 0.2) is 0 Å². The Balaban J connectivity index is 2.43. The van der Waals surface area contributed by atoms with Gasteiger partial charge in [0.05, 0.1) is 5.02 Å². The molecule has 1 aromatic rings. The molecule has 0 aliphatic carbocycles. The number of nitrogens with zero attached hydrogens (tertiary/aromatic N) is 1. The van der Waals surface area contributed by atoms with E-state index in [-0.39, 0.29) is 22.8 Å². The van der Waals surface area contributed by atoms with Gasteiger partial charge in [0.25, 0.3) is 0 Å². The molecule has 1 aromatic carbocycles. The number of amides is 2. The van der Waals surface area contributed by atoms with Crippen LogP contribution in [0.5, 0.6) is 0 Å². The molecular formula is C14H20ClFN2O2S. The molecule has 2 atom stereocenters. The predicted octanol–water partition coefficient (Wildman–Crippen LogP) is 2.78. The number of hydrogen-bond acceptors (Lipinski definition) is 2. The SMILES string of the molecule is C[C@@H](CCNC(=O)N(C)Cc1ccc(Cl)c(F)c1)[S@@](C)=O. The maximum absolute atomic E-state index is 13.3. The lowest BCUT2D eigenvalue weighted by atomic mass is 10.2. The van der Waals surface area contributed by atoms with Gasteiger partial charge in [0.2, 0.25) is 0 Å². The molecule has 1 rings (SSSR count). The summed E-state index contributed by atoms with van der Waals surface area (Å²) < 4.78 is 24.5. The van der Waals surface area contributed by atoms with Gasteiger partial charge in [-0.3, -0.25) is 4.21 Å². The van der Waals surface area contributed by atoms with Crippen LogP contribution in [-0.4, -0.2) is 40.2 Å². The van der Waals surface area contributed by atoms with Crippen molar-refractivity contribution in [2.75, 3.05) is 19.8 Å². The van der Waals surface area contributed by atoms with Crippen molar-refractivity contribution in [2.24, 2.45) is 0 Å². The van der Waals surface area contributed by atoms with Crippen molar-refractivity contribution in [3.05, 3.63) is 34.6 Å². The normalized spacial score (nSPS) is 13.6. The Morgan fingerprint density at radius 3 is 2.76 bits per heavy atom. The van der Waals surface area contributed by atoms with E-state index in [9.17, 15) is 13.4 Å². The summed E-state index contributed by atoms with van der Waals surface area (Å²) in [5.74, 6) is -0.498. The first-order chi connectivity index (χ1) is 9.81. The molecule has 1 N–H and O–H groups in total. The van der Waals surface area contributed by atoms with Gasteiger partial charge in [0.1, 0.15) is 5.82 Å². The van der Waals surface area contributed by atoms with Crippen LogP contribution in [0.1, 0.15) is 18.9 Å². The molecule has 118 valence electrons. The fourth-order valence-corrected chi connectivity index (χ4v) is 2.23. The summed E-state index contributed by atoms with van der Waals surface area (Å²) in [4.78, 5) is 13.3. The third kappa shape index (κ3) is 6.01. The molecule has 0 spiro atoms. The minimum Gasteiger partial charge on any atom is -0.338 e. The van der Waals surface area contributed by atoms with Crippen LogP contribution < -0.4 is 5.32 Å². The zero-order chi connectivity index (χ0) is 16.0. The number of halogens is 2. The second kappa shape index (κ2) is 8.34. The fraction of sp³-hybridized carbons (Fsp3) is 0.500. The van der Waals surface area contributed by atoms with Crippen molar-refractivity contribution in [1.29, 1.82) is 0 Å². The standard InChI is InChI=1S/C14H20ClFN2O2S/c1-10(21(3)20)6-7-17-14(19)18(2)9-11-4-5-12(15)13(16)8-11/h4-5,8,10H,6-7,9H2,1-3H3,(H,17,19)/t10-,21+/m0/s1. The Hall–Kier alpha value is -1.14. The average molecular weight is 335 g/mol. The number of hydrogen-bond donors (Lipinski definition) is 1. The van der Waals surface area contributed by atoms with E-state index < -0.39 is 16.6 Å². The van der Waals surface area contributed by atoms with Gasteiger partial charge in [-0.1, -0.05) is 24.6 Å². The number of benzene rings is 1. The predicted molar refractivity (Wildman–Crippen MR) is 84.4 cm³/mol. The molecule has 4 nitrogen and oxygen atoms in total. The summed E-state index contributed by atoms with van der Waals surface area (Å²) >= 11 is 5.61. The van der Waals surface area contributed by atoms with Crippen LogP contribution in [0.3, 0.4) is 0 Å². The largest absolute Gasteiger partial charge is 0.338 e. The van der Waals surface area contributed by atoms with E-state index in [1.54, 1.807) is 19.4 Å². The summed E-state index contributed by atoms with van der Waals surface area (Å²) in [7, 11) is 0.737. The van der Waals surface area contributed by atoms with E-state index in [4.69, 9.17) is 11.6 Å². The third-order valence-electron chi connectivity index (χ3n) is 3.14. The van der Waals surface area contributed by atoms with Crippen LogP contribution in [0.2, 0.25) is 5.02 Å². The highest BCUT2D eigenvalue weighted by Crippen LogP contribution is 2.16. The minimum absolute atomic E-state index is 0.0426. The molecule has 0 aliphatic heterocycles. The van der Waals surface area contributed by atoms with Crippen molar-refractivity contribution < 1.29 is 13.4 Å². The monoisotopic (exact) mass is 334 g/mol. The summed E-state index contributed by atoms with van der Waals surface area (Å²) in [5.41, 5.74) is 0.664. The smallest absolute Gasteiger partial charge is 0.317 e. The lowest BCUT2D eigenvalue weighted by Crippen LogP contribution is -2.38. The fourth-order valence-electron chi connectivity index (χ4n) is 1.67. The molecule has 0 fully saturated rings. The van der Waals surface area contributed by atoms with Crippen molar-refractivity contribution >= 4 is 28.4 Å². The van der Waals surface area contributed by atoms with Gasteiger partial charge in [0, 0.05) is 42.4 Å². The highest BCUT2D eigenvalue weighted by Gasteiger charge is 2.11. The molecule has 0 saturated carbocycles. The van der Waals surface area contributed by atoms with E-state index in [2.05, 4.69) is 5.32 Å². The van der Waals surface area contributed by atoms with Crippen molar-refractivity contribution in [1.82, 2.24) is 10.2 Å². The summed E-state index contributed by atoms with van der Waals surface area (Å²) in [5, 5.41) is 2.85. The average Bonchev–Trinajstić information content (AvgIpc) is 2.42. The second-order valence-electron chi connectivity index (χ2n) is 4.93. The Bertz CT molecular complexity index is 528. The first-order valence-electron chi connectivity index (χ1n) is 6.56. The number of carbonyl (C=O) groups excluding carboxylic acids is 1. The van der Waals surface area contributed by atoms with E-state index >= 15 is 0 Å². The van der Waals surface area contributed by atoms with Crippen molar-refractivity contribution in [2.45, 2.75) is 25.1 Å². The van der Waals surface area contributed by atoms with E-state index in [0.717, 1.165) is 0 Å². The Labute approximate surface area is 132 Å². The molecule has 7 heteroatoms.